The maximum absolute atomic E-state index is 12.9. The number of carbonyl (C=O) groups is 3. The minimum Gasteiger partial charge on any atom is -0.333 e. The van der Waals surface area contributed by atoms with Crippen LogP contribution in [-0.4, -0.2) is 48.2 Å². The number of fused-ring (bicyclic) bond motifs is 2. The minimum atomic E-state index is -0.623. The second kappa shape index (κ2) is 7.31. The number of imide groups is 1. The second-order valence-electron chi connectivity index (χ2n) is 8.23. The second-order valence-corrected chi connectivity index (χ2v) is 9.12. The maximum Gasteiger partial charge on any atom is 0.255 e. The Labute approximate surface area is 192 Å². The summed E-state index contributed by atoms with van der Waals surface area (Å²) in [6, 6.07) is 7.03. The van der Waals surface area contributed by atoms with E-state index in [4.69, 9.17) is 4.98 Å². The number of aryl methyl sites for hydroxylation is 1. The Hall–Kier alpha value is -3.92. The summed E-state index contributed by atoms with van der Waals surface area (Å²) in [7, 11) is 1.93. The third kappa shape index (κ3) is 3.21. The number of thiazole rings is 1. The number of imidazole rings is 1. The molecule has 1 fully saturated rings. The number of nitrogens with one attached hydrogen (secondary N) is 1. The fraction of sp³-hybridized carbons (Fsp3) is 0.217. The molecule has 0 aliphatic carbocycles. The summed E-state index contributed by atoms with van der Waals surface area (Å²) < 4.78 is 2.95. The van der Waals surface area contributed by atoms with E-state index in [1.54, 1.807) is 22.7 Å². The molecule has 1 N–H and O–H groups in total. The number of rotatable bonds is 3. The number of benzene rings is 1. The Balaban J connectivity index is 1.30. The molecule has 9 nitrogen and oxygen atoms in total. The van der Waals surface area contributed by atoms with E-state index in [2.05, 4.69) is 15.3 Å². The van der Waals surface area contributed by atoms with Crippen LogP contribution in [0.3, 0.4) is 0 Å². The highest BCUT2D eigenvalue weighted by Crippen LogP contribution is 2.32. The predicted octanol–water partition coefficient (Wildman–Crippen LogP) is 2.52. The van der Waals surface area contributed by atoms with E-state index in [9.17, 15) is 14.4 Å². The van der Waals surface area contributed by atoms with E-state index >= 15 is 0 Å². The SMILES string of the molecule is Cn1cc(-c2ccc3c(c2)CN(C2CCC(=O)NC2=O)C3=O)nc1-c1cnc2ncsc2c1. The van der Waals surface area contributed by atoms with Crippen molar-refractivity contribution in [1.82, 2.24) is 29.7 Å². The highest BCUT2D eigenvalue weighted by molar-refractivity contribution is 7.16. The van der Waals surface area contributed by atoms with Crippen LogP contribution in [0, 0.1) is 0 Å². The maximum atomic E-state index is 12.9. The predicted molar refractivity (Wildman–Crippen MR) is 121 cm³/mol. The van der Waals surface area contributed by atoms with E-state index in [0.717, 1.165) is 38.6 Å². The van der Waals surface area contributed by atoms with Crippen LogP contribution in [0.1, 0.15) is 28.8 Å². The monoisotopic (exact) mass is 458 g/mol. The third-order valence-corrected chi connectivity index (χ3v) is 6.91. The van der Waals surface area contributed by atoms with E-state index in [-0.39, 0.29) is 18.2 Å². The largest absolute Gasteiger partial charge is 0.333 e. The summed E-state index contributed by atoms with van der Waals surface area (Å²) in [5.41, 5.74) is 6.51. The van der Waals surface area contributed by atoms with Gasteiger partial charge in [-0.2, -0.15) is 0 Å². The first-order valence-electron chi connectivity index (χ1n) is 10.5. The minimum absolute atomic E-state index is 0.184. The fourth-order valence-electron chi connectivity index (χ4n) is 4.48. The molecule has 1 unspecified atom stereocenters. The highest BCUT2D eigenvalue weighted by atomic mass is 32.1. The molecule has 6 rings (SSSR count). The smallest absolute Gasteiger partial charge is 0.255 e. The molecule has 0 bridgehead atoms. The Morgan fingerprint density at radius 1 is 1.12 bits per heavy atom. The molecule has 164 valence electrons. The van der Waals surface area contributed by atoms with Gasteiger partial charge < -0.3 is 9.47 Å². The van der Waals surface area contributed by atoms with Crippen molar-refractivity contribution in [2.24, 2.45) is 7.05 Å². The first-order valence-corrected chi connectivity index (χ1v) is 11.4. The van der Waals surface area contributed by atoms with Gasteiger partial charge in [0.1, 0.15) is 11.9 Å². The van der Waals surface area contributed by atoms with Gasteiger partial charge in [0, 0.05) is 49.1 Å². The first-order chi connectivity index (χ1) is 16.0. The molecule has 3 amide bonds. The van der Waals surface area contributed by atoms with E-state index in [1.807, 2.05) is 36.0 Å². The van der Waals surface area contributed by atoms with Crippen LogP contribution in [0.5, 0.6) is 0 Å². The summed E-state index contributed by atoms with van der Waals surface area (Å²) in [4.78, 5) is 51.7. The van der Waals surface area contributed by atoms with Gasteiger partial charge in [-0.25, -0.2) is 15.0 Å². The van der Waals surface area contributed by atoms with Crippen molar-refractivity contribution >= 4 is 39.4 Å². The van der Waals surface area contributed by atoms with Gasteiger partial charge in [-0.1, -0.05) is 6.07 Å². The molecule has 1 aromatic carbocycles. The Morgan fingerprint density at radius 2 is 2.00 bits per heavy atom. The molecule has 0 radical (unpaired) electrons. The quantitative estimate of drug-likeness (QED) is 0.473. The van der Waals surface area contributed by atoms with Gasteiger partial charge in [0.2, 0.25) is 11.8 Å². The van der Waals surface area contributed by atoms with E-state index in [0.29, 0.717) is 18.5 Å². The fourth-order valence-corrected chi connectivity index (χ4v) is 5.16. The van der Waals surface area contributed by atoms with Crippen molar-refractivity contribution in [1.29, 1.82) is 0 Å². The summed E-state index contributed by atoms with van der Waals surface area (Å²) in [6.45, 7) is 0.333. The van der Waals surface area contributed by atoms with Gasteiger partial charge in [0.05, 0.1) is 15.9 Å². The molecular formula is C23H18N6O3S. The standard InChI is InChI=1S/C23H18N6O3S/c1-28-10-16(26-21(28)13-7-18-20(24-8-13)25-11-33-18)12-2-3-15-14(6-12)9-29(23(15)32)17-4-5-19(30)27-22(17)31/h2-3,6-8,10-11,17H,4-5,9H2,1H3,(H,27,30,31). The number of hydrogen-bond acceptors (Lipinski definition) is 7. The summed E-state index contributed by atoms with van der Waals surface area (Å²) >= 11 is 1.54. The molecule has 1 saturated heterocycles. The molecule has 2 aliphatic heterocycles. The van der Waals surface area contributed by atoms with Crippen LogP contribution in [0.2, 0.25) is 0 Å². The molecule has 4 aromatic rings. The number of nitrogens with zero attached hydrogens (tertiary/aromatic N) is 5. The van der Waals surface area contributed by atoms with Crippen molar-refractivity contribution in [2.75, 3.05) is 0 Å². The number of amides is 3. The van der Waals surface area contributed by atoms with Gasteiger partial charge in [-0.15, -0.1) is 11.3 Å². The summed E-state index contributed by atoms with van der Waals surface area (Å²) in [5, 5.41) is 2.33. The first kappa shape index (κ1) is 19.7. The van der Waals surface area contributed by atoms with Crippen molar-refractivity contribution in [3.05, 3.63) is 53.3 Å². The molecular weight excluding hydrogens is 440 g/mol. The highest BCUT2D eigenvalue weighted by Gasteiger charge is 2.39. The lowest BCUT2D eigenvalue weighted by Crippen LogP contribution is -2.52. The van der Waals surface area contributed by atoms with E-state index in [1.165, 1.54) is 11.3 Å². The topological polar surface area (TPSA) is 110 Å². The van der Waals surface area contributed by atoms with E-state index < -0.39 is 11.9 Å². The average molecular weight is 459 g/mol. The molecule has 3 aromatic heterocycles. The lowest BCUT2D eigenvalue weighted by molar-refractivity contribution is -0.136. The average Bonchev–Trinajstić information content (AvgIpc) is 3.50. The molecule has 5 heterocycles. The Bertz CT molecular complexity index is 1470. The zero-order valence-electron chi connectivity index (χ0n) is 17.6. The molecule has 0 saturated carbocycles. The normalized spacial score (nSPS) is 18.2. The molecule has 0 spiro atoms. The third-order valence-electron chi connectivity index (χ3n) is 6.14. The van der Waals surface area contributed by atoms with Crippen LogP contribution in [0.15, 0.2) is 42.2 Å². The lowest BCUT2D eigenvalue weighted by Gasteiger charge is -2.29. The molecule has 10 heteroatoms. The number of piperidine rings is 1. The number of aromatic nitrogens is 4. The van der Waals surface area contributed by atoms with Crippen molar-refractivity contribution in [2.45, 2.75) is 25.4 Å². The molecule has 2 aliphatic rings. The molecule has 1 atom stereocenters. The Morgan fingerprint density at radius 3 is 2.85 bits per heavy atom. The van der Waals surface area contributed by atoms with Crippen molar-refractivity contribution in [3.63, 3.8) is 0 Å². The van der Waals surface area contributed by atoms with Gasteiger partial charge in [0.15, 0.2) is 5.65 Å². The summed E-state index contributed by atoms with van der Waals surface area (Å²) in [6.07, 6.45) is 4.30. The number of carbonyl (C=O) groups excluding carboxylic acids is 3. The Kier molecular flexibility index (Phi) is 4.37. The summed E-state index contributed by atoms with van der Waals surface area (Å²) in [5.74, 6) is -0.0990. The van der Waals surface area contributed by atoms with Gasteiger partial charge in [-0.3, -0.25) is 19.7 Å². The van der Waals surface area contributed by atoms with Crippen molar-refractivity contribution < 1.29 is 14.4 Å². The van der Waals surface area contributed by atoms with Gasteiger partial charge in [0.25, 0.3) is 5.91 Å². The van der Waals surface area contributed by atoms with Crippen LogP contribution in [-0.2, 0) is 23.2 Å². The lowest BCUT2D eigenvalue weighted by atomic mass is 10.0. The zero-order valence-corrected chi connectivity index (χ0v) is 18.4. The van der Waals surface area contributed by atoms with Gasteiger partial charge >= 0.3 is 0 Å². The van der Waals surface area contributed by atoms with Crippen LogP contribution >= 0.6 is 11.3 Å². The number of hydrogen-bond donors (Lipinski definition) is 1. The van der Waals surface area contributed by atoms with Crippen molar-refractivity contribution in [3.8, 4) is 22.6 Å². The van der Waals surface area contributed by atoms with Crippen LogP contribution < -0.4 is 5.32 Å². The number of pyridine rings is 1. The van der Waals surface area contributed by atoms with Crippen LogP contribution in [0.25, 0.3) is 33.0 Å². The zero-order chi connectivity index (χ0) is 22.7. The van der Waals surface area contributed by atoms with Crippen LogP contribution in [0.4, 0.5) is 0 Å². The van der Waals surface area contributed by atoms with Gasteiger partial charge in [-0.05, 0) is 30.2 Å². The molecule has 33 heavy (non-hydrogen) atoms.